The lowest BCUT2D eigenvalue weighted by atomic mass is 10.2. The SMILES string of the molecule is O=C(/C=C/c1ccc2c(c1)OCO2)NS(=O)(=O)c1ccccc1. The fourth-order valence-electron chi connectivity index (χ4n) is 2.01. The molecule has 3 rings (SSSR count). The minimum atomic E-state index is -3.87. The summed E-state index contributed by atoms with van der Waals surface area (Å²) >= 11 is 0. The average molecular weight is 331 g/mol. The maximum absolute atomic E-state index is 12.0. The normalized spacial score (nSPS) is 13.2. The second-order valence-corrected chi connectivity index (χ2v) is 6.41. The van der Waals surface area contributed by atoms with E-state index in [2.05, 4.69) is 0 Å². The fraction of sp³-hybridized carbons (Fsp3) is 0.0625. The van der Waals surface area contributed by atoms with E-state index in [1.807, 2.05) is 4.72 Å². The molecule has 0 spiro atoms. The summed E-state index contributed by atoms with van der Waals surface area (Å²) < 4.78 is 36.4. The number of fused-ring (bicyclic) bond motifs is 1. The van der Waals surface area contributed by atoms with Crippen LogP contribution in [-0.4, -0.2) is 21.1 Å². The molecule has 0 radical (unpaired) electrons. The van der Waals surface area contributed by atoms with E-state index in [9.17, 15) is 13.2 Å². The minimum absolute atomic E-state index is 0.0322. The fourth-order valence-corrected chi connectivity index (χ4v) is 2.98. The van der Waals surface area contributed by atoms with Gasteiger partial charge in [0.05, 0.1) is 4.90 Å². The topological polar surface area (TPSA) is 81.7 Å². The zero-order valence-corrected chi connectivity index (χ0v) is 12.7. The van der Waals surface area contributed by atoms with Crippen LogP contribution in [0.5, 0.6) is 11.5 Å². The van der Waals surface area contributed by atoms with Gasteiger partial charge < -0.3 is 9.47 Å². The Labute approximate surface area is 133 Å². The molecule has 2 aromatic rings. The number of ether oxygens (including phenoxy) is 2. The molecule has 0 atom stereocenters. The van der Waals surface area contributed by atoms with Crippen LogP contribution in [0.3, 0.4) is 0 Å². The summed E-state index contributed by atoms with van der Waals surface area (Å²) in [5.41, 5.74) is 0.696. The van der Waals surface area contributed by atoms with Gasteiger partial charge in [0.25, 0.3) is 15.9 Å². The van der Waals surface area contributed by atoms with Crippen molar-refractivity contribution in [2.45, 2.75) is 4.90 Å². The van der Waals surface area contributed by atoms with Crippen LogP contribution in [0.2, 0.25) is 0 Å². The molecule has 0 aliphatic carbocycles. The van der Waals surface area contributed by atoms with Gasteiger partial charge in [-0.05, 0) is 35.9 Å². The molecule has 6 nitrogen and oxygen atoms in total. The molecule has 0 saturated heterocycles. The number of rotatable bonds is 4. The van der Waals surface area contributed by atoms with Gasteiger partial charge in [-0.3, -0.25) is 4.79 Å². The molecule has 0 aromatic heterocycles. The van der Waals surface area contributed by atoms with Crippen LogP contribution < -0.4 is 14.2 Å². The maximum atomic E-state index is 12.0. The highest BCUT2D eigenvalue weighted by Gasteiger charge is 2.16. The Morgan fingerprint density at radius 3 is 2.57 bits per heavy atom. The van der Waals surface area contributed by atoms with Gasteiger partial charge in [-0.15, -0.1) is 0 Å². The van der Waals surface area contributed by atoms with Gasteiger partial charge >= 0.3 is 0 Å². The number of carbonyl (C=O) groups excluding carboxylic acids is 1. The van der Waals surface area contributed by atoms with Crippen LogP contribution in [0.1, 0.15) is 5.56 Å². The van der Waals surface area contributed by atoms with Gasteiger partial charge in [-0.1, -0.05) is 24.3 Å². The van der Waals surface area contributed by atoms with E-state index < -0.39 is 15.9 Å². The zero-order chi connectivity index (χ0) is 16.3. The van der Waals surface area contributed by atoms with E-state index in [1.54, 1.807) is 36.4 Å². The molecule has 1 aliphatic heterocycles. The summed E-state index contributed by atoms with van der Waals surface area (Å²) in [7, 11) is -3.87. The molecule has 1 aliphatic rings. The van der Waals surface area contributed by atoms with Crippen molar-refractivity contribution < 1.29 is 22.7 Å². The second-order valence-electron chi connectivity index (χ2n) is 4.73. The van der Waals surface area contributed by atoms with E-state index in [0.717, 1.165) is 6.08 Å². The molecule has 1 heterocycles. The summed E-state index contributed by atoms with van der Waals surface area (Å²) in [6.45, 7) is 0.165. The average Bonchev–Trinajstić information content (AvgIpc) is 3.01. The van der Waals surface area contributed by atoms with Gasteiger partial charge in [0.2, 0.25) is 6.79 Å². The number of sulfonamides is 1. The number of carbonyl (C=O) groups is 1. The van der Waals surface area contributed by atoms with E-state index >= 15 is 0 Å². The first-order valence-electron chi connectivity index (χ1n) is 6.74. The monoisotopic (exact) mass is 331 g/mol. The highest BCUT2D eigenvalue weighted by atomic mass is 32.2. The summed E-state index contributed by atoms with van der Waals surface area (Å²) in [4.78, 5) is 11.8. The lowest BCUT2D eigenvalue weighted by molar-refractivity contribution is -0.114. The molecule has 1 amide bonds. The number of benzene rings is 2. The van der Waals surface area contributed by atoms with Crippen molar-refractivity contribution in [3.63, 3.8) is 0 Å². The van der Waals surface area contributed by atoms with Crippen molar-refractivity contribution in [3.05, 3.63) is 60.2 Å². The second kappa shape index (κ2) is 6.13. The van der Waals surface area contributed by atoms with E-state index in [0.29, 0.717) is 17.1 Å². The summed E-state index contributed by atoms with van der Waals surface area (Å²) in [6.07, 6.45) is 2.65. The molecule has 118 valence electrons. The van der Waals surface area contributed by atoms with Crippen molar-refractivity contribution in [2.75, 3.05) is 6.79 Å². The summed E-state index contributed by atoms with van der Waals surface area (Å²) in [6, 6.07) is 12.9. The Kier molecular flexibility index (Phi) is 4.03. The molecule has 1 N–H and O–H groups in total. The lowest BCUT2D eigenvalue weighted by Gasteiger charge is -2.04. The van der Waals surface area contributed by atoms with Crippen LogP contribution in [0.25, 0.3) is 6.08 Å². The highest BCUT2D eigenvalue weighted by molar-refractivity contribution is 7.90. The predicted molar refractivity (Wildman–Crippen MR) is 83.4 cm³/mol. The molecule has 0 unspecified atom stereocenters. The van der Waals surface area contributed by atoms with E-state index in [1.165, 1.54) is 18.2 Å². The van der Waals surface area contributed by atoms with Gasteiger partial charge in [0.1, 0.15) is 0 Å². The number of hydrogen-bond acceptors (Lipinski definition) is 5. The van der Waals surface area contributed by atoms with E-state index in [4.69, 9.17) is 9.47 Å². The van der Waals surface area contributed by atoms with Gasteiger partial charge in [0, 0.05) is 6.08 Å². The molecule has 0 fully saturated rings. The Morgan fingerprint density at radius 1 is 1.04 bits per heavy atom. The van der Waals surface area contributed by atoms with Gasteiger partial charge in [0.15, 0.2) is 11.5 Å². The van der Waals surface area contributed by atoms with Gasteiger partial charge in [-0.2, -0.15) is 0 Å². The third-order valence-electron chi connectivity index (χ3n) is 3.11. The first kappa shape index (κ1) is 15.1. The van der Waals surface area contributed by atoms with Gasteiger partial charge in [-0.25, -0.2) is 13.1 Å². The molecule has 0 bridgehead atoms. The Morgan fingerprint density at radius 2 is 1.78 bits per heavy atom. The zero-order valence-electron chi connectivity index (χ0n) is 11.9. The summed E-state index contributed by atoms with van der Waals surface area (Å²) in [5.74, 6) is 0.495. The Bertz CT molecular complexity index is 859. The van der Waals surface area contributed by atoms with Crippen molar-refractivity contribution in [1.29, 1.82) is 0 Å². The van der Waals surface area contributed by atoms with Crippen LogP contribution in [0, 0.1) is 0 Å². The molecular weight excluding hydrogens is 318 g/mol. The van der Waals surface area contributed by atoms with Crippen molar-refractivity contribution in [2.24, 2.45) is 0 Å². The van der Waals surface area contributed by atoms with E-state index in [-0.39, 0.29) is 11.7 Å². The number of nitrogens with one attached hydrogen (secondary N) is 1. The predicted octanol–water partition coefficient (Wildman–Crippen LogP) is 1.93. The van der Waals surface area contributed by atoms with Crippen LogP contribution >= 0.6 is 0 Å². The Balaban J connectivity index is 1.70. The first-order valence-corrected chi connectivity index (χ1v) is 8.22. The third-order valence-corrected chi connectivity index (χ3v) is 4.47. The standard InChI is InChI=1S/C16H13NO5S/c18-16(17-23(19,20)13-4-2-1-3-5-13)9-7-12-6-8-14-15(10-12)22-11-21-14/h1-10H,11H2,(H,17,18)/b9-7+. The van der Waals surface area contributed by atoms with Crippen molar-refractivity contribution >= 4 is 22.0 Å². The quantitative estimate of drug-likeness (QED) is 0.866. The van der Waals surface area contributed by atoms with Crippen LogP contribution in [0.4, 0.5) is 0 Å². The third kappa shape index (κ3) is 3.51. The minimum Gasteiger partial charge on any atom is -0.454 e. The van der Waals surface area contributed by atoms with Crippen molar-refractivity contribution in [3.8, 4) is 11.5 Å². The number of hydrogen-bond donors (Lipinski definition) is 1. The lowest BCUT2D eigenvalue weighted by Crippen LogP contribution is -2.28. The first-order chi connectivity index (χ1) is 11.0. The number of amides is 1. The maximum Gasteiger partial charge on any atom is 0.264 e. The Hall–Kier alpha value is -2.80. The summed E-state index contributed by atoms with van der Waals surface area (Å²) in [5, 5.41) is 0. The molecule has 7 heteroatoms. The molecule has 23 heavy (non-hydrogen) atoms. The van der Waals surface area contributed by atoms with Crippen LogP contribution in [0.15, 0.2) is 59.5 Å². The smallest absolute Gasteiger partial charge is 0.264 e. The highest BCUT2D eigenvalue weighted by Crippen LogP contribution is 2.32. The molecule has 0 saturated carbocycles. The van der Waals surface area contributed by atoms with Crippen LogP contribution in [-0.2, 0) is 14.8 Å². The molecule has 2 aromatic carbocycles. The molecular formula is C16H13NO5S. The van der Waals surface area contributed by atoms with Crippen molar-refractivity contribution in [1.82, 2.24) is 4.72 Å². The largest absolute Gasteiger partial charge is 0.454 e.